The largest absolute Gasteiger partial charge is 0.480 e. The van der Waals surface area contributed by atoms with Gasteiger partial charge in [0.1, 0.15) is 6.04 Å². The second-order valence-electron chi connectivity index (χ2n) is 15.8. The van der Waals surface area contributed by atoms with Crippen molar-refractivity contribution in [1.29, 1.82) is 5.41 Å². The normalized spacial score (nSPS) is 12.0. The molecule has 0 aromatic heterocycles. The van der Waals surface area contributed by atoms with E-state index in [1.807, 2.05) is 0 Å². The maximum Gasteiger partial charge on any atom is 0.326 e. The van der Waals surface area contributed by atoms with Crippen LogP contribution in [0.25, 0.3) is 0 Å². The van der Waals surface area contributed by atoms with Gasteiger partial charge >= 0.3 is 5.97 Å². The zero-order valence-electron chi connectivity index (χ0n) is 34.7. The Morgan fingerprint density at radius 1 is 0.538 bits per heavy atom. The Morgan fingerprint density at radius 3 is 1.13 bits per heavy atom. The number of hydrogen-bond donors (Lipinski definition) is 5. The molecule has 1 unspecified atom stereocenters. The zero-order valence-corrected chi connectivity index (χ0v) is 34.7. The van der Waals surface area contributed by atoms with Gasteiger partial charge in [-0.15, -0.1) is 0 Å². The Bertz CT molecular complexity index is 760. The summed E-state index contributed by atoms with van der Waals surface area (Å²) in [4.78, 5) is 27.0. The highest BCUT2D eigenvalue weighted by Gasteiger charge is 2.21. The van der Waals surface area contributed by atoms with Crippen LogP contribution in [-0.4, -0.2) is 60.1 Å². The van der Waals surface area contributed by atoms with Gasteiger partial charge in [-0.3, -0.25) is 15.1 Å². The van der Waals surface area contributed by atoms with E-state index in [1.54, 1.807) is 0 Å². The van der Waals surface area contributed by atoms with Crippen molar-refractivity contribution in [2.45, 2.75) is 238 Å². The molecule has 52 heavy (non-hydrogen) atoms. The van der Waals surface area contributed by atoms with E-state index in [9.17, 15) is 14.7 Å². The minimum atomic E-state index is -1.02. The number of nitrogens with two attached hydrogens (primary N) is 1. The van der Waals surface area contributed by atoms with E-state index >= 15 is 0 Å². The van der Waals surface area contributed by atoms with Crippen LogP contribution < -0.4 is 16.4 Å². The average molecular weight is 736 g/mol. The average Bonchev–Trinajstić information content (AvgIpc) is 3.12. The highest BCUT2D eigenvalue weighted by molar-refractivity contribution is 5.84. The number of hydrogen-bond acceptors (Lipinski definition) is 4. The molecule has 0 saturated heterocycles. The van der Waals surface area contributed by atoms with Crippen LogP contribution in [0.1, 0.15) is 232 Å². The third-order valence-electron chi connectivity index (χ3n) is 10.6. The van der Waals surface area contributed by atoms with Crippen molar-refractivity contribution < 1.29 is 14.7 Å². The molecule has 0 bridgehead atoms. The van der Waals surface area contributed by atoms with E-state index < -0.39 is 12.0 Å². The Balaban J connectivity index is 4.28. The molecule has 0 aliphatic rings. The van der Waals surface area contributed by atoms with E-state index in [-0.39, 0.29) is 18.4 Å². The number of unbranched alkanes of at least 4 members (excludes halogenated alkanes) is 30. The summed E-state index contributed by atoms with van der Waals surface area (Å²) in [6.45, 7) is 7.02. The fraction of sp³-hybridized carbons (Fsp3) is 0.932. The molecule has 8 heteroatoms. The SMILES string of the molecule is CCCCCCCCCCCCCCCCCCN(CCCCCCCCCCCCCCCCCC)CC(=O)NC(CCCNC(=N)N)C(=O)O. The summed E-state index contributed by atoms with van der Waals surface area (Å²) in [6.07, 6.45) is 43.9. The van der Waals surface area contributed by atoms with E-state index in [0.29, 0.717) is 19.4 Å². The predicted molar refractivity (Wildman–Crippen MR) is 224 cm³/mol. The monoisotopic (exact) mass is 736 g/mol. The van der Waals surface area contributed by atoms with Crippen LogP contribution in [0.5, 0.6) is 0 Å². The van der Waals surface area contributed by atoms with Gasteiger partial charge < -0.3 is 21.5 Å². The predicted octanol–water partition coefficient (Wildman–Crippen LogP) is 11.6. The first-order valence-corrected chi connectivity index (χ1v) is 22.7. The number of nitrogens with zero attached hydrogens (tertiary/aromatic N) is 1. The molecule has 0 heterocycles. The minimum Gasteiger partial charge on any atom is -0.480 e. The molecule has 1 atom stereocenters. The van der Waals surface area contributed by atoms with Crippen molar-refractivity contribution in [2.75, 3.05) is 26.2 Å². The van der Waals surface area contributed by atoms with Gasteiger partial charge in [0, 0.05) is 6.54 Å². The van der Waals surface area contributed by atoms with Gasteiger partial charge in [-0.1, -0.05) is 206 Å². The number of rotatable bonds is 42. The molecule has 6 N–H and O–H groups in total. The number of carbonyl (C=O) groups is 2. The van der Waals surface area contributed by atoms with Crippen LogP contribution in [0, 0.1) is 5.41 Å². The van der Waals surface area contributed by atoms with Crippen LogP contribution >= 0.6 is 0 Å². The molecule has 0 spiro atoms. The van der Waals surface area contributed by atoms with Crippen LogP contribution in [-0.2, 0) is 9.59 Å². The first-order valence-electron chi connectivity index (χ1n) is 22.7. The molecule has 0 rings (SSSR count). The van der Waals surface area contributed by atoms with E-state index in [1.165, 1.54) is 193 Å². The summed E-state index contributed by atoms with van der Waals surface area (Å²) in [7, 11) is 0. The molecule has 0 fully saturated rings. The van der Waals surface area contributed by atoms with Gasteiger partial charge in [-0.05, 0) is 38.8 Å². The summed E-state index contributed by atoms with van der Waals surface area (Å²) in [5.74, 6) is -1.35. The molecule has 1 amide bonds. The van der Waals surface area contributed by atoms with Crippen molar-refractivity contribution in [1.82, 2.24) is 15.5 Å². The van der Waals surface area contributed by atoms with Gasteiger partial charge in [-0.25, -0.2) is 4.79 Å². The molecule has 0 saturated carbocycles. The highest BCUT2D eigenvalue weighted by Crippen LogP contribution is 2.16. The molecule has 308 valence electrons. The van der Waals surface area contributed by atoms with Crippen molar-refractivity contribution in [2.24, 2.45) is 5.73 Å². The standard InChI is InChI=1S/C44H89N5O3/c1-3-5-7-9-11-13-15-17-19-21-23-25-27-29-31-33-38-49(40-42(50)48-41(43(51)52)36-35-37-47-44(45)46)39-34-32-30-28-26-24-22-20-18-16-14-12-10-8-6-4-2/h41H,3-40H2,1-2H3,(H,48,50)(H,51,52)(H4,45,46,47). The number of guanidine groups is 1. The van der Waals surface area contributed by atoms with Crippen molar-refractivity contribution >= 4 is 17.8 Å². The zero-order chi connectivity index (χ0) is 38.2. The Hall–Kier alpha value is -1.83. The summed E-state index contributed by atoms with van der Waals surface area (Å²) in [6, 6.07) is -0.922. The summed E-state index contributed by atoms with van der Waals surface area (Å²) in [5.41, 5.74) is 5.32. The summed E-state index contributed by atoms with van der Waals surface area (Å²) >= 11 is 0. The van der Waals surface area contributed by atoms with Crippen LogP contribution in [0.2, 0.25) is 0 Å². The third-order valence-corrected chi connectivity index (χ3v) is 10.6. The van der Waals surface area contributed by atoms with Gasteiger partial charge in [0.15, 0.2) is 5.96 Å². The molecule has 0 aliphatic carbocycles. The molecule has 0 aromatic carbocycles. The van der Waals surface area contributed by atoms with Gasteiger partial charge in [0.25, 0.3) is 0 Å². The summed E-state index contributed by atoms with van der Waals surface area (Å²) in [5, 5.41) is 22.4. The molecule has 8 nitrogen and oxygen atoms in total. The molecule has 0 aliphatic heterocycles. The smallest absolute Gasteiger partial charge is 0.326 e. The molecule has 0 radical (unpaired) electrons. The Morgan fingerprint density at radius 2 is 0.846 bits per heavy atom. The number of carboxylic acid groups (broad SMARTS) is 1. The third kappa shape index (κ3) is 37.9. The first-order chi connectivity index (χ1) is 25.4. The number of nitrogens with one attached hydrogen (secondary N) is 3. The Kier molecular flexibility index (Phi) is 38.9. The number of carbonyl (C=O) groups excluding carboxylic acids is 1. The fourth-order valence-corrected chi connectivity index (χ4v) is 7.27. The Labute approximate surface area is 322 Å². The number of amides is 1. The molecule has 0 aromatic rings. The maximum atomic E-state index is 13.0. The second-order valence-corrected chi connectivity index (χ2v) is 15.8. The summed E-state index contributed by atoms with van der Waals surface area (Å²) < 4.78 is 0. The van der Waals surface area contributed by atoms with Crippen LogP contribution in [0.15, 0.2) is 0 Å². The van der Waals surface area contributed by atoms with Crippen molar-refractivity contribution in [3.8, 4) is 0 Å². The highest BCUT2D eigenvalue weighted by atomic mass is 16.4. The molecular formula is C44H89N5O3. The van der Waals surface area contributed by atoms with Gasteiger partial charge in [0.05, 0.1) is 6.54 Å². The lowest BCUT2D eigenvalue weighted by atomic mass is 10.0. The first kappa shape index (κ1) is 50.2. The van der Waals surface area contributed by atoms with E-state index in [4.69, 9.17) is 11.1 Å². The van der Waals surface area contributed by atoms with Crippen molar-refractivity contribution in [3.05, 3.63) is 0 Å². The lowest BCUT2D eigenvalue weighted by molar-refractivity contribution is -0.142. The molecular weight excluding hydrogens is 647 g/mol. The quantitative estimate of drug-likeness (QED) is 0.0241. The fourth-order valence-electron chi connectivity index (χ4n) is 7.27. The van der Waals surface area contributed by atoms with Gasteiger partial charge in [0.2, 0.25) is 5.91 Å². The topological polar surface area (TPSA) is 132 Å². The van der Waals surface area contributed by atoms with E-state index in [0.717, 1.165) is 25.9 Å². The lowest BCUT2D eigenvalue weighted by Gasteiger charge is -2.23. The lowest BCUT2D eigenvalue weighted by Crippen LogP contribution is -2.46. The van der Waals surface area contributed by atoms with Crippen molar-refractivity contribution in [3.63, 3.8) is 0 Å². The minimum absolute atomic E-state index is 0.130. The maximum absolute atomic E-state index is 13.0. The number of aliphatic carboxylic acids is 1. The number of carboxylic acids is 1. The second kappa shape index (κ2) is 40.4. The van der Waals surface area contributed by atoms with Gasteiger partial charge in [-0.2, -0.15) is 0 Å². The van der Waals surface area contributed by atoms with E-state index in [2.05, 4.69) is 29.4 Å². The van der Waals surface area contributed by atoms with Crippen LogP contribution in [0.3, 0.4) is 0 Å². The van der Waals surface area contributed by atoms with Crippen LogP contribution in [0.4, 0.5) is 0 Å².